The van der Waals surface area contributed by atoms with Gasteiger partial charge in [-0.3, -0.25) is 4.79 Å². The maximum absolute atomic E-state index is 12.3. The highest BCUT2D eigenvalue weighted by Crippen LogP contribution is 2.59. The maximum Gasteiger partial charge on any atom is 0.139 e. The normalized spacial score (nSPS) is 37.6. The minimum absolute atomic E-state index is 0.0188. The van der Waals surface area contributed by atoms with Crippen molar-refractivity contribution >= 4 is 5.78 Å². The van der Waals surface area contributed by atoms with E-state index in [1.807, 2.05) is 6.07 Å². The fourth-order valence-corrected chi connectivity index (χ4v) is 5.42. The van der Waals surface area contributed by atoms with Crippen molar-refractivity contribution in [3.63, 3.8) is 0 Å². The van der Waals surface area contributed by atoms with Gasteiger partial charge in [-0.25, -0.2) is 0 Å². The molecule has 2 saturated carbocycles. The Hall–Kier alpha value is -1.31. The predicted octanol–water partition coefficient (Wildman–Crippen LogP) is 4.28. The zero-order valence-corrected chi connectivity index (χ0v) is 12.7. The third kappa shape index (κ3) is 1.81. The lowest BCUT2D eigenvalue weighted by Gasteiger charge is -2.48. The molecule has 1 aromatic rings. The molecule has 0 amide bonds. The van der Waals surface area contributed by atoms with Crippen LogP contribution in [0.25, 0.3) is 0 Å². The third-order valence-electron chi connectivity index (χ3n) is 6.57. The Labute approximate surface area is 126 Å². The number of benzene rings is 1. The number of hydrogen-bond acceptors (Lipinski definition) is 2. The van der Waals surface area contributed by atoms with Gasteiger partial charge in [0.1, 0.15) is 18.6 Å². The van der Waals surface area contributed by atoms with Crippen LogP contribution in [0.3, 0.4) is 0 Å². The Kier molecular flexibility index (Phi) is 2.92. The van der Waals surface area contributed by atoms with Crippen LogP contribution in [0.1, 0.15) is 56.1 Å². The van der Waals surface area contributed by atoms with E-state index in [4.69, 9.17) is 4.74 Å². The molecule has 4 rings (SSSR count). The Morgan fingerprint density at radius 3 is 2.90 bits per heavy atom. The Morgan fingerprint density at radius 2 is 2.10 bits per heavy atom. The van der Waals surface area contributed by atoms with Gasteiger partial charge in [0.25, 0.3) is 0 Å². The molecule has 1 radical (unpaired) electrons. The van der Waals surface area contributed by atoms with Crippen LogP contribution in [0.2, 0.25) is 0 Å². The van der Waals surface area contributed by atoms with Crippen molar-refractivity contribution in [1.29, 1.82) is 0 Å². The standard InChI is InChI=1S/C19H23O2/c1-19-10-9-15-14-6-4-13(21-2)11-12(14)3-5-16(15)17(19)7-8-18(19)20/h4,6,11,15-17H,2-3,5,7-10H2,1H3/t15-,16-,17+,19+/m1/s1. The minimum atomic E-state index is -0.0188. The summed E-state index contributed by atoms with van der Waals surface area (Å²) in [6, 6.07) is 6.44. The second-order valence-corrected chi connectivity index (χ2v) is 7.34. The number of fused-ring (bicyclic) bond motifs is 5. The second-order valence-electron chi connectivity index (χ2n) is 7.34. The fourth-order valence-electron chi connectivity index (χ4n) is 5.42. The van der Waals surface area contributed by atoms with Gasteiger partial charge < -0.3 is 4.74 Å². The van der Waals surface area contributed by atoms with Gasteiger partial charge >= 0.3 is 0 Å². The molecule has 0 spiro atoms. The summed E-state index contributed by atoms with van der Waals surface area (Å²) in [7, 11) is 3.51. The fraction of sp³-hybridized carbons (Fsp3) is 0.579. The van der Waals surface area contributed by atoms with Gasteiger partial charge in [0.2, 0.25) is 0 Å². The zero-order chi connectivity index (χ0) is 14.6. The van der Waals surface area contributed by atoms with E-state index in [-0.39, 0.29) is 5.41 Å². The summed E-state index contributed by atoms with van der Waals surface area (Å²) in [5.74, 6) is 3.35. The molecule has 2 nitrogen and oxygen atoms in total. The van der Waals surface area contributed by atoms with Crippen LogP contribution in [0.4, 0.5) is 0 Å². The van der Waals surface area contributed by atoms with Crippen LogP contribution in [0.5, 0.6) is 5.75 Å². The lowest BCUT2D eigenvalue weighted by molar-refractivity contribution is -0.129. The van der Waals surface area contributed by atoms with Crippen molar-refractivity contribution in [2.45, 2.75) is 51.4 Å². The molecule has 0 aliphatic heterocycles. The van der Waals surface area contributed by atoms with E-state index < -0.39 is 0 Å². The van der Waals surface area contributed by atoms with Gasteiger partial charge in [-0.2, -0.15) is 0 Å². The molecule has 2 heteroatoms. The van der Waals surface area contributed by atoms with E-state index in [2.05, 4.69) is 26.2 Å². The highest BCUT2D eigenvalue weighted by molar-refractivity contribution is 5.87. The van der Waals surface area contributed by atoms with Crippen molar-refractivity contribution in [3.05, 3.63) is 36.4 Å². The molecular weight excluding hydrogens is 260 g/mol. The summed E-state index contributed by atoms with van der Waals surface area (Å²) in [6.45, 7) is 2.23. The number of aryl methyl sites for hydroxylation is 1. The summed E-state index contributed by atoms with van der Waals surface area (Å²) in [5, 5.41) is 0. The average Bonchev–Trinajstić information content (AvgIpc) is 2.82. The highest BCUT2D eigenvalue weighted by atomic mass is 16.5. The van der Waals surface area contributed by atoms with E-state index in [9.17, 15) is 4.79 Å². The van der Waals surface area contributed by atoms with Gasteiger partial charge in [0.15, 0.2) is 0 Å². The maximum atomic E-state index is 12.3. The molecule has 111 valence electrons. The van der Waals surface area contributed by atoms with Crippen molar-refractivity contribution in [2.75, 3.05) is 0 Å². The first-order chi connectivity index (χ1) is 10.1. The number of Topliss-reactive ketones (excluding diaryl/α,β-unsaturated/α-hetero) is 1. The van der Waals surface area contributed by atoms with Crippen molar-refractivity contribution < 1.29 is 9.53 Å². The number of hydrogen-bond donors (Lipinski definition) is 0. The van der Waals surface area contributed by atoms with Crippen LogP contribution >= 0.6 is 0 Å². The van der Waals surface area contributed by atoms with Gasteiger partial charge in [-0.05, 0) is 73.1 Å². The number of carbonyl (C=O) groups is 1. The Bertz CT molecular complexity index is 591. The predicted molar refractivity (Wildman–Crippen MR) is 82.1 cm³/mol. The Balaban J connectivity index is 1.70. The molecule has 0 saturated heterocycles. The van der Waals surface area contributed by atoms with Gasteiger partial charge in [-0.15, -0.1) is 0 Å². The van der Waals surface area contributed by atoms with Crippen LogP contribution < -0.4 is 4.74 Å². The lowest BCUT2D eigenvalue weighted by atomic mass is 9.55. The third-order valence-corrected chi connectivity index (χ3v) is 6.57. The molecule has 2 fully saturated rings. The number of ether oxygens (including phenoxy) is 1. The summed E-state index contributed by atoms with van der Waals surface area (Å²) in [4.78, 5) is 12.3. The SMILES string of the molecule is [CH2]Oc1ccc2c(c1)CC[C@@H]1[C@@H]2CC[C@]2(C)C(=O)CC[C@@H]12. The van der Waals surface area contributed by atoms with Gasteiger partial charge in [-0.1, -0.05) is 13.0 Å². The van der Waals surface area contributed by atoms with Crippen LogP contribution in [0, 0.1) is 24.4 Å². The van der Waals surface area contributed by atoms with E-state index in [0.717, 1.165) is 31.4 Å². The van der Waals surface area contributed by atoms with Crippen LogP contribution in [-0.4, -0.2) is 5.78 Å². The molecule has 3 aliphatic rings. The molecule has 4 atom stereocenters. The number of carbonyl (C=O) groups excluding carboxylic acids is 1. The first-order valence-electron chi connectivity index (χ1n) is 8.21. The van der Waals surface area contributed by atoms with E-state index >= 15 is 0 Å². The summed E-state index contributed by atoms with van der Waals surface area (Å²) >= 11 is 0. The molecule has 0 aromatic heterocycles. The quantitative estimate of drug-likeness (QED) is 0.769. The Morgan fingerprint density at radius 1 is 1.24 bits per heavy atom. The zero-order valence-electron chi connectivity index (χ0n) is 12.7. The van der Waals surface area contributed by atoms with Crippen LogP contribution in [0.15, 0.2) is 18.2 Å². The number of rotatable bonds is 1. The van der Waals surface area contributed by atoms with E-state index in [1.54, 1.807) is 0 Å². The summed E-state index contributed by atoms with van der Waals surface area (Å²) < 4.78 is 5.12. The monoisotopic (exact) mass is 283 g/mol. The smallest absolute Gasteiger partial charge is 0.139 e. The molecular formula is C19H23O2. The molecule has 0 unspecified atom stereocenters. The molecule has 21 heavy (non-hydrogen) atoms. The van der Waals surface area contributed by atoms with Crippen molar-refractivity contribution in [3.8, 4) is 5.75 Å². The van der Waals surface area contributed by atoms with E-state index in [0.29, 0.717) is 23.5 Å². The van der Waals surface area contributed by atoms with E-state index in [1.165, 1.54) is 24.0 Å². The van der Waals surface area contributed by atoms with Crippen molar-refractivity contribution in [1.82, 2.24) is 0 Å². The topological polar surface area (TPSA) is 26.3 Å². The minimum Gasteiger partial charge on any atom is -0.490 e. The largest absolute Gasteiger partial charge is 0.490 e. The molecule has 1 aromatic carbocycles. The summed E-state index contributed by atoms with van der Waals surface area (Å²) in [6.07, 6.45) is 6.52. The molecule has 0 N–H and O–H groups in total. The molecule has 0 heterocycles. The van der Waals surface area contributed by atoms with Crippen LogP contribution in [-0.2, 0) is 11.2 Å². The second kappa shape index (κ2) is 4.59. The number of ketones is 1. The molecule has 0 bridgehead atoms. The average molecular weight is 283 g/mol. The first kappa shape index (κ1) is 13.4. The highest BCUT2D eigenvalue weighted by Gasteiger charge is 2.54. The van der Waals surface area contributed by atoms with Gasteiger partial charge in [0.05, 0.1) is 0 Å². The molecule has 3 aliphatic carbocycles. The first-order valence-corrected chi connectivity index (χ1v) is 8.21. The summed E-state index contributed by atoms with van der Waals surface area (Å²) in [5.41, 5.74) is 2.92. The lowest BCUT2D eigenvalue weighted by Crippen LogP contribution is -2.42. The van der Waals surface area contributed by atoms with Crippen molar-refractivity contribution in [2.24, 2.45) is 17.3 Å². The van der Waals surface area contributed by atoms with Gasteiger partial charge in [0, 0.05) is 11.8 Å².